The second-order valence-corrected chi connectivity index (χ2v) is 8.62. The molecule has 1 N–H and O–H groups in total. The zero-order valence-corrected chi connectivity index (χ0v) is 19.0. The number of anilines is 1. The van der Waals surface area contributed by atoms with Crippen LogP contribution in [0.25, 0.3) is 11.0 Å². The standard InChI is InChI=1S/C24H20ClF3N2O5/c25-16-5-6-20-18(11-16)19(12-21(31)34-20)29-17-7-9-30(10-8-17)13-14-1-3-15(4-2-14)22(32)35-23(33)24(26,27)28/h1-6,11-12,17,29H,7-10,13H2. The molecule has 0 atom stereocenters. The monoisotopic (exact) mass is 508 g/mol. The Labute approximate surface area is 202 Å². The Hall–Kier alpha value is -3.37. The minimum absolute atomic E-state index is 0.138. The van der Waals surface area contributed by atoms with Crippen molar-refractivity contribution < 1.29 is 31.9 Å². The molecule has 1 saturated heterocycles. The highest BCUT2D eigenvalue weighted by Crippen LogP contribution is 2.27. The fraction of sp³-hybridized carbons (Fsp3) is 0.292. The molecule has 0 unspecified atom stereocenters. The molecule has 2 heterocycles. The van der Waals surface area contributed by atoms with Gasteiger partial charge in [-0.1, -0.05) is 23.7 Å². The average Bonchev–Trinajstić information content (AvgIpc) is 2.80. The summed E-state index contributed by atoms with van der Waals surface area (Å²) in [5, 5.41) is 4.69. The van der Waals surface area contributed by atoms with Crippen LogP contribution in [-0.2, 0) is 16.1 Å². The number of piperidine rings is 1. The van der Waals surface area contributed by atoms with Gasteiger partial charge < -0.3 is 14.5 Å². The third-order valence-corrected chi connectivity index (χ3v) is 5.90. The van der Waals surface area contributed by atoms with Crippen molar-refractivity contribution in [2.75, 3.05) is 18.4 Å². The topological polar surface area (TPSA) is 88.9 Å². The number of hydrogen-bond donors (Lipinski definition) is 1. The summed E-state index contributed by atoms with van der Waals surface area (Å²) >= 11 is 6.10. The van der Waals surface area contributed by atoms with E-state index < -0.39 is 23.7 Å². The maximum Gasteiger partial charge on any atom is 0.491 e. The molecule has 0 bridgehead atoms. The number of benzene rings is 2. The van der Waals surface area contributed by atoms with Crippen molar-refractivity contribution >= 4 is 40.2 Å². The van der Waals surface area contributed by atoms with Gasteiger partial charge in [0.15, 0.2) is 0 Å². The van der Waals surface area contributed by atoms with Crippen LogP contribution in [0, 0.1) is 0 Å². The molecule has 35 heavy (non-hydrogen) atoms. The smallest absolute Gasteiger partial charge is 0.423 e. The first-order valence-corrected chi connectivity index (χ1v) is 11.1. The van der Waals surface area contributed by atoms with Gasteiger partial charge in [0.25, 0.3) is 0 Å². The fourth-order valence-corrected chi connectivity index (χ4v) is 4.09. The molecular formula is C24H20ClF3N2O5. The summed E-state index contributed by atoms with van der Waals surface area (Å²) in [5.41, 5.74) is 1.39. The van der Waals surface area contributed by atoms with Crippen molar-refractivity contribution in [2.24, 2.45) is 0 Å². The van der Waals surface area contributed by atoms with Gasteiger partial charge in [0.1, 0.15) is 5.58 Å². The Morgan fingerprint density at radius 1 is 1.09 bits per heavy atom. The summed E-state index contributed by atoms with van der Waals surface area (Å²) in [5.74, 6) is -3.90. The Bertz CT molecular complexity index is 1300. The van der Waals surface area contributed by atoms with E-state index in [4.69, 9.17) is 16.0 Å². The van der Waals surface area contributed by atoms with E-state index in [1.54, 1.807) is 30.3 Å². The number of carbonyl (C=O) groups excluding carboxylic acids is 2. The molecule has 1 aliphatic rings. The summed E-state index contributed by atoms with van der Waals surface area (Å²) in [6.45, 7) is 2.11. The molecule has 1 aliphatic heterocycles. The third-order valence-electron chi connectivity index (χ3n) is 5.66. The molecule has 0 amide bonds. The van der Waals surface area contributed by atoms with Gasteiger partial charge in [0, 0.05) is 42.2 Å². The number of fused-ring (bicyclic) bond motifs is 1. The van der Waals surface area contributed by atoms with E-state index >= 15 is 0 Å². The minimum atomic E-state index is -5.23. The zero-order valence-electron chi connectivity index (χ0n) is 18.2. The van der Waals surface area contributed by atoms with Crippen molar-refractivity contribution in [3.63, 3.8) is 0 Å². The van der Waals surface area contributed by atoms with Crippen molar-refractivity contribution in [3.05, 3.63) is 75.1 Å². The van der Waals surface area contributed by atoms with Gasteiger partial charge in [0.2, 0.25) is 0 Å². The Balaban J connectivity index is 1.32. The largest absolute Gasteiger partial charge is 0.491 e. The van der Waals surface area contributed by atoms with Gasteiger partial charge in [0.05, 0.1) is 11.3 Å². The Morgan fingerprint density at radius 3 is 2.43 bits per heavy atom. The molecule has 3 aromatic rings. The summed E-state index contributed by atoms with van der Waals surface area (Å²) in [6, 6.07) is 12.5. The highest BCUT2D eigenvalue weighted by atomic mass is 35.5. The Kier molecular flexibility index (Phi) is 7.13. The van der Waals surface area contributed by atoms with Crippen LogP contribution in [0.2, 0.25) is 5.02 Å². The summed E-state index contributed by atoms with van der Waals surface area (Å²) in [7, 11) is 0. The van der Waals surface area contributed by atoms with Crippen LogP contribution < -0.4 is 10.9 Å². The van der Waals surface area contributed by atoms with E-state index in [0.717, 1.165) is 36.9 Å². The highest BCUT2D eigenvalue weighted by molar-refractivity contribution is 6.31. The number of rotatable bonds is 5. The van der Waals surface area contributed by atoms with Gasteiger partial charge in [-0.15, -0.1) is 0 Å². The number of alkyl halides is 3. The third kappa shape index (κ3) is 6.20. The van der Waals surface area contributed by atoms with Crippen LogP contribution in [0.15, 0.2) is 57.7 Å². The quantitative estimate of drug-likeness (QED) is 0.302. The number of nitrogens with zero attached hydrogens (tertiary/aromatic N) is 1. The van der Waals surface area contributed by atoms with Crippen LogP contribution in [0.5, 0.6) is 0 Å². The lowest BCUT2D eigenvalue weighted by Gasteiger charge is -2.33. The molecule has 1 fully saturated rings. The first-order valence-electron chi connectivity index (χ1n) is 10.7. The molecular weight excluding hydrogens is 489 g/mol. The number of nitrogens with one attached hydrogen (secondary N) is 1. The molecule has 7 nitrogen and oxygen atoms in total. The van der Waals surface area contributed by atoms with Crippen LogP contribution in [0.4, 0.5) is 18.9 Å². The second-order valence-electron chi connectivity index (χ2n) is 8.19. The maximum absolute atomic E-state index is 12.2. The lowest BCUT2D eigenvalue weighted by atomic mass is 10.0. The predicted octanol–water partition coefficient (Wildman–Crippen LogP) is 4.77. The summed E-state index contributed by atoms with van der Waals surface area (Å²) < 4.78 is 45.8. The minimum Gasteiger partial charge on any atom is -0.423 e. The molecule has 0 saturated carbocycles. The first-order chi connectivity index (χ1) is 16.6. The average molecular weight is 509 g/mol. The number of halogens is 4. The lowest BCUT2D eigenvalue weighted by molar-refractivity contribution is -0.193. The fourth-order valence-electron chi connectivity index (χ4n) is 3.92. The molecule has 0 radical (unpaired) electrons. The molecule has 4 rings (SSSR count). The highest BCUT2D eigenvalue weighted by Gasteiger charge is 2.42. The van der Waals surface area contributed by atoms with Crippen LogP contribution >= 0.6 is 11.6 Å². The molecule has 11 heteroatoms. The number of likely N-dealkylation sites (tertiary alicyclic amines) is 1. The van der Waals surface area contributed by atoms with Crippen LogP contribution in [0.3, 0.4) is 0 Å². The number of ether oxygens (including phenoxy) is 1. The maximum atomic E-state index is 12.2. The van der Waals surface area contributed by atoms with E-state index in [1.165, 1.54) is 18.2 Å². The van der Waals surface area contributed by atoms with Gasteiger partial charge >= 0.3 is 23.7 Å². The van der Waals surface area contributed by atoms with E-state index in [-0.39, 0.29) is 11.6 Å². The molecule has 184 valence electrons. The van der Waals surface area contributed by atoms with Gasteiger partial charge in [-0.05, 0) is 48.7 Å². The zero-order chi connectivity index (χ0) is 25.2. The number of carbonyl (C=O) groups is 2. The number of hydrogen-bond acceptors (Lipinski definition) is 7. The van der Waals surface area contributed by atoms with Gasteiger partial charge in [-0.3, -0.25) is 4.90 Å². The molecule has 0 spiro atoms. The van der Waals surface area contributed by atoms with E-state index in [2.05, 4.69) is 15.0 Å². The SMILES string of the molecule is O=C(OC(=O)C(F)(F)F)c1ccc(CN2CCC(Nc3cc(=O)oc4ccc(Cl)cc34)CC2)cc1. The lowest BCUT2D eigenvalue weighted by Crippen LogP contribution is -2.38. The Morgan fingerprint density at radius 2 is 1.77 bits per heavy atom. The van der Waals surface area contributed by atoms with E-state index in [0.29, 0.717) is 22.8 Å². The normalized spacial score (nSPS) is 15.2. The van der Waals surface area contributed by atoms with E-state index in [1.807, 2.05) is 0 Å². The van der Waals surface area contributed by atoms with Gasteiger partial charge in [-0.2, -0.15) is 13.2 Å². The van der Waals surface area contributed by atoms with Crippen molar-refractivity contribution in [1.82, 2.24) is 4.90 Å². The molecule has 2 aromatic carbocycles. The van der Waals surface area contributed by atoms with Crippen molar-refractivity contribution in [1.29, 1.82) is 0 Å². The summed E-state index contributed by atoms with van der Waals surface area (Å²) in [6.07, 6.45) is -3.61. The van der Waals surface area contributed by atoms with Crippen molar-refractivity contribution in [3.8, 4) is 0 Å². The summed E-state index contributed by atoms with van der Waals surface area (Å²) in [4.78, 5) is 36.6. The van der Waals surface area contributed by atoms with Crippen LogP contribution in [-0.4, -0.2) is 42.1 Å². The molecule has 1 aromatic heterocycles. The van der Waals surface area contributed by atoms with Crippen molar-refractivity contribution in [2.45, 2.75) is 31.6 Å². The molecule has 0 aliphatic carbocycles. The number of esters is 2. The van der Waals surface area contributed by atoms with Gasteiger partial charge in [-0.25, -0.2) is 14.4 Å². The van der Waals surface area contributed by atoms with E-state index in [9.17, 15) is 27.6 Å². The first kappa shape index (κ1) is 24.7. The predicted molar refractivity (Wildman–Crippen MR) is 122 cm³/mol. The second kappa shape index (κ2) is 10.1. The van der Waals surface area contributed by atoms with Crippen LogP contribution in [0.1, 0.15) is 28.8 Å².